The maximum atomic E-state index is 11.9. The Labute approximate surface area is 206 Å². The molecule has 3 N–H and O–H groups in total. The number of carbonyl (C=O) groups excluding carboxylic acids is 1. The minimum Gasteiger partial charge on any atom is -0.373 e. The first-order chi connectivity index (χ1) is 15.8. The average Bonchev–Trinajstić information content (AvgIpc) is 2.77. The van der Waals surface area contributed by atoms with E-state index in [0.717, 1.165) is 61.1 Å². The maximum absolute atomic E-state index is 11.9. The summed E-state index contributed by atoms with van der Waals surface area (Å²) in [6.07, 6.45) is 7.68. The minimum absolute atomic E-state index is 0.00716. The lowest BCUT2D eigenvalue weighted by Crippen LogP contribution is -2.34. The summed E-state index contributed by atoms with van der Waals surface area (Å²) in [6, 6.07) is 6.63. The lowest BCUT2D eigenvalue weighted by molar-refractivity contribution is -0.120. The fourth-order valence-corrected chi connectivity index (χ4v) is 3.95. The molecule has 5 nitrogen and oxygen atoms in total. The van der Waals surface area contributed by atoms with E-state index in [-0.39, 0.29) is 5.91 Å². The molecule has 1 aromatic carbocycles. The summed E-state index contributed by atoms with van der Waals surface area (Å²) in [5, 5.41) is 9.77. The van der Waals surface area contributed by atoms with E-state index < -0.39 is 0 Å². The second-order valence-electron chi connectivity index (χ2n) is 8.24. The van der Waals surface area contributed by atoms with Crippen LogP contribution in [0.5, 0.6) is 0 Å². The second-order valence-corrected chi connectivity index (χ2v) is 8.65. The third kappa shape index (κ3) is 9.95. The highest BCUT2D eigenvalue weighted by Gasteiger charge is 2.12. The number of anilines is 1. The van der Waals surface area contributed by atoms with Crippen molar-refractivity contribution < 1.29 is 4.79 Å². The van der Waals surface area contributed by atoms with Gasteiger partial charge in [-0.05, 0) is 39.2 Å². The molecule has 33 heavy (non-hydrogen) atoms. The number of hydrogen-bond acceptors (Lipinski definition) is 4. The molecule has 1 rings (SSSR count). The molecule has 0 heterocycles. The van der Waals surface area contributed by atoms with Gasteiger partial charge in [0.2, 0.25) is 5.91 Å². The van der Waals surface area contributed by atoms with E-state index in [4.69, 9.17) is 12.2 Å². The Bertz CT molecular complexity index is 873. The predicted molar refractivity (Wildman–Crippen MR) is 150 cm³/mol. The van der Waals surface area contributed by atoms with E-state index in [9.17, 15) is 4.79 Å². The summed E-state index contributed by atoms with van der Waals surface area (Å²) in [4.78, 5) is 17.3. The summed E-state index contributed by atoms with van der Waals surface area (Å²) in [5.41, 5.74) is 4.55. The molecule has 0 aliphatic rings. The SMILES string of the molecule is C=C(/N=C(C)\C(=C/C)NC(=O)CCC)Nc1ccc(C(=S)NC(CCC)CCC)cc1BC. The standard InChI is InChI=1S/C26H41BN4OS/c1-8-12-21(13-9-2)30-26(33)20-15-16-24(22(17-20)27-7)29-19(6)28-18(5)23(11-4)31-25(32)14-10-3/h11,15-17,21,27,29H,6,8-10,12-14H2,1-5,7H3,(H,30,33)(H,31,32)/b23-11+,28-18-. The zero-order valence-corrected chi connectivity index (χ0v) is 22.1. The largest absolute Gasteiger partial charge is 0.373 e. The third-order valence-electron chi connectivity index (χ3n) is 5.37. The van der Waals surface area contributed by atoms with Crippen molar-refractivity contribution in [3.05, 3.63) is 47.9 Å². The van der Waals surface area contributed by atoms with Crippen LogP contribution in [0, 0.1) is 0 Å². The first-order valence-electron chi connectivity index (χ1n) is 12.2. The van der Waals surface area contributed by atoms with Crippen molar-refractivity contribution in [2.75, 3.05) is 5.32 Å². The molecule has 0 bridgehead atoms. The van der Waals surface area contributed by atoms with Crippen LogP contribution >= 0.6 is 12.2 Å². The Kier molecular flexibility index (Phi) is 13.4. The quantitative estimate of drug-likeness (QED) is 0.200. The smallest absolute Gasteiger partial charge is 0.224 e. The molecule has 0 atom stereocenters. The van der Waals surface area contributed by atoms with Gasteiger partial charge in [0, 0.05) is 23.7 Å². The number of carbonyl (C=O) groups is 1. The number of amides is 1. The van der Waals surface area contributed by atoms with Crippen molar-refractivity contribution in [1.82, 2.24) is 10.6 Å². The zero-order valence-electron chi connectivity index (χ0n) is 21.3. The molecule has 1 amide bonds. The van der Waals surface area contributed by atoms with Crippen LogP contribution in [0.3, 0.4) is 0 Å². The Morgan fingerprint density at radius 2 is 1.88 bits per heavy atom. The molecule has 180 valence electrons. The average molecular weight is 469 g/mol. The summed E-state index contributed by atoms with van der Waals surface area (Å²) < 4.78 is 0. The summed E-state index contributed by atoms with van der Waals surface area (Å²) >= 11 is 5.70. The van der Waals surface area contributed by atoms with Crippen LogP contribution in [0.15, 0.2) is 47.4 Å². The molecule has 0 fully saturated rings. The van der Waals surface area contributed by atoms with Gasteiger partial charge in [-0.25, -0.2) is 4.99 Å². The molecule has 0 aromatic heterocycles. The second kappa shape index (κ2) is 15.4. The molecule has 0 spiro atoms. The number of allylic oxidation sites excluding steroid dienone is 2. The molecule has 0 radical (unpaired) electrons. The van der Waals surface area contributed by atoms with Gasteiger partial charge in [0.25, 0.3) is 0 Å². The minimum atomic E-state index is -0.00716. The number of aliphatic imine (C=N–C) groups is 1. The third-order valence-corrected chi connectivity index (χ3v) is 5.72. The highest BCUT2D eigenvalue weighted by Crippen LogP contribution is 2.13. The fraction of sp³-hybridized carbons (Fsp3) is 0.500. The van der Waals surface area contributed by atoms with Gasteiger partial charge < -0.3 is 16.0 Å². The van der Waals surface area contributed by atoms with Crippen LogP contribution in [0.2, 0.25) is 6.82 Å². The monoisotopic (exact) mass is 468 g/mol. The van der Waals surface area contributed by atoms with Crippen LogP contribution in [0.25, 0.3) is 0 Å². The lowest BCUT2D eigenvalue weighted by atomic mass is 9.72. The van der Waals surface area contributed by atoms with Gasteiger partial charge in [-0.2, -0.15) is 0 Å². The van der Waals surface area contributed by atoms with E-state index in [1.807, 2.05) is 39.0 Å². The van der Waals surface area contributed by atoms with Gasteiger partial charge in [-0.15, -0.1) is 0 Å². The molecular formula is C26H41BN4OS. The molecule has 0 saturated carbocycles. The highest BCUT2D eigenvalue weighted by atomic mass is 32.1. The molecule has 0 saturated heterocycles. The summed E-state index contributed by atoms with van der Waals surface area (Å²) in [5.74, 6) is 0.512. The van der Waals surface area contributed by atoms with Crippen LogP contribution in [0.1, 0.15) is 78.7 Å². The number of benzene rings is 1. The van der Waals surface area contributed by atoms with E-state index >= 15 is 0 Å². The van der Waals surface area contributed by atoms with Crippen LogP contribution < -0.4 is 21.4 Å². The van der Waals surface area contributed by atoms with E-state index in [0.29, 0.717) is 29.7 Å². The van der Waals surface area contributed by atoms with Crippen molar-refractivity contribution in [1.29, 1.82) is 0 Å². The first-order valence-corrected chi connectivity index (χ1v) is 12.6. The van der Waals surface area contributed by atoms with Gasteiger partial charge in [0.1, 0.15) is 10.8 Å². The van der Waals surface area contributed by atoms with E-state index in [1.54, 1.807) is 0 Å². The van der Waals surface area contributed by atoms with Crippen LogP contribution in [0.4, 0.5) is 5.69 Å². The summed E-state index contributed by atoms with van der Waals surface area (Å²) in [7, 11) is 0.856. The fourth-order valence-electron chi connectivity index (χ4n) is 3.66. The number of thiocarbonyl (C=S) groups is 1. The number of nitrogens with zero attached hydrogens (tertiary/aromatic N) is 1. The van der Waals surface area contributed by atoms with Crippen molar-refractivity contribution in [3.8, 4) is 0 Å². The Morgan fingerprint density at radius 1 is 1.21 bits per heavy atom. The predicted octanol–water partition coefficient (Wildman–Crippen LogP) is 5.19. The van der Waals surface area contributed by atoms with Gasteiger partial charge >= 0.3 is 0 Å². The normalized spacial score (nSPS) is 11.8. The van der Waals surface area contributed by atoms with Gasteiger partial charge in [-0.1, -0.05) is 82.9 Å². The van der Waals surface area contributed by atoms with E-state index in [1.165, 1.54) is 0 Å². The van der Waals surface area contributed by atoms with Crippen LogP contribution in [-0.2, 0) is 4.79 Å². The van der Waals surface area contributed by atoms with Gasteiger partial charge in [0.05, 0.1) is 11.4 Å². The highest BCUT2D eigenvalue weighted by molar-refractivity contribution is 7.80. The van der Waals surface area contributed by atoms with Crippen LogP contribution in [-0.4, -0.2) is 29.9 Å². The van der Waals surface area contributed by atoms with Crippen molar-refractivity contribution in [2.45, 2.75) is 86.0 Å². The first kappa shape index (κ1) is 28.6. The lowest BCUT2D eigenvalue weighted by Gasteiger charge is -2.20. The molecule has 0 unspecified atom stereocenters. The topological polar surface area (TPSA) is 65.5 Å². The Morgan fingerprint density at radius 3 is 2.42 bits per heavy atom. The molecule has 0 aliphatic carbocycles. The van der Waals surface area contributed by atoms with E-state index in [2.05, 4.69) is 54.3 Å². The van der Waals surface area contributed by atoms with Crippen molar-refractivity contribution in [3.63, 3.8) is 0 Å². The number of nitrogens with one attached hydrogen (secondary N) is 3. The maximum Gasteiger partial charge on any atom is 0.224 e. The molecular weight excluding hydrogens is 427 g/mol. The van der Waals surface area contributed by atoms with Gasteiger partial charge in [-0.3, -0.25) is 4.79 Å². The van der Waals surface area contributed by atoms with Gasteiger partial charge in [0.15, 0.2) is 7.28 Å². The summed E-state index contributed by atoms with van der Waals surface area (Å²) in [6.45, 7) is 16.3. The van der Waals surface area contributed by atoms with Crippen molar-refractivity contribution >= 4 is 47.3 Å². The molecule has 1 aromatic rings. The molecule has 7 heteroatoms. The molecule has 0 aliphatic heterocycles. The number of rotatable bonds is 14. The number of hydrogen-bond donors (Lipinski definition) is 3. The Hall–Kier alpha value is -2.41. The zero-order chi connectivity index (χ0) is 24.8. The Balaban J connectivity index is 2.93. The van der Waals surface area contributed by atoms with Crippen molar-refractivity contribution in [2.24, 2.45) is 4.99 Å².